The minimum atomic E-state index is -0.0591. The molecule has 0 spiro atoms. The zero-order chi connectivity index (χ0) is 11.3. The number of rotatable bonds is 2. The van der Waals surface area contributed by atoms with Gasteiger partial charge in [0.05, 0.1) is 12.5 Å². The molecule has 1 saturated carbocycles. The Labute approximate surface area is 94.0 Å². The van der Waals surface area contributed by atoms with Crippen molar-refractivity contribution in [3.05, 3.63) is 29.3 Å². The molecule has 3 atom stereocenters. The van der Waals surface area contributed by atoms with Gasteiger partial charge in [-0.3, -0.25) is 4.79 Å². The fraction of sp³-hybridized carbons (Fsp3) is 0.462. The summed E-state index contributed by atoms with van der Waals surface area (Å²) in [7, 11) is 0. The van der Waals surface area contributed by atoms with Crippen LogP contribution in [0, 0.1) is 11.8 Å². The van der Waals surface area contributed by atoms with E-state index in [1.165, 1.54) is 11.1 Å². The van der Waals surface area contributed by atoms with Gasteiger partial charge in [0.25, 0.3) is 0 Å². The number of phenolic OH excluding ortho intramolecular Hbond substituents is 1. The summed E-state index contributed by atoms with van der Waals surface area (Å²) in [4.78, 5) is 11.6. The minimum Gasteiger partial charge on any atom is -0.508 e. The number of ether oxygens (including phenoxy) is 1. The van der Waals surface area contributed by atoms with Gasteiger partial charge in [-0.25, -0.2) is 0 Å². The standard InChI is InChI=1S/C13H14O3/c1-2-16-13(15)12-10-6-7-5-8(14)3-4-9(7)11(10)12/h3-5,10-12,14H,2,6H2,1H3/t10-,11+,12?/m1/s1. The van der Waals surface area contributed by atoms with Gasteiger partial charge in [-0.15, -0.1) is 0 Å². The summed E-state index contributed by atoms with van der Waals surface area (Å²) >= 11 is 0. The maximum absolute atomic E-state index is 11.6. The predicted octanol–water partition coefficient (Wildman–Crippen LogP) is 1.84. The van der Waals surface area contributed by atoms with Gasteiger partial charge in [-0.2, -0.15) is 0 Å². The van der Waals surface area contributed by atoms with E-state index in [9.17, 15) is 9.90 Å². The van der Waals surface area contributed by atoms with Gasteiger partial charge >= 0.3 is 5.97 Å². The first-order valence-electron chi connectivity index (χ1n) is 5.70. The highest BCUT2D eigenvalue weighted by molar-refractivity contribution is 5.79. The van der Waals surface area contributed by atoms with Crippen molar-refractivity contribution >= 4 is 5.97 Å². The number of aromatic hydroxyl groups is 1. The van der Waals surface area contributed by atoms with E-state index in [-0.39, 0.29) is 11.9 Å². The average Bonchev–Trinajstić information content (AvgIpc) is 2.82. The first-order chi connectivity index (χ1) is 7.72. The highest BCUT2D eigenvalue weighted by Gasteiger charge is 2.60. The molecule has 84 valence electrons. The molecule has 3 heteroatoms. The number of fused-ring (bicyclic) bond motifs is 3. The highest BCUT2D eigenvalue weighted by Crippen LogP contribution is 2.62. The van der Waals surface area contributed by atoms with Gasteiger partial charge in [-0.1, -0.05) is 6.07 Å². The molecule has 1 unspecified atom stereocenters. The number of esters is 1. The van der Waals surface area contributed by atoms with Crippen molar-refractivity contribution in [3.8, 4) is 5.75 Å². The van der Waals surface area contributed by atoms with Crippen LogP contribution in [-0.4, -0.2) is 17.7 Å². The van der Waals surface area contributed by atoms with Crippen LogP contribution in [0.5, 0.6) is 5.75 Å². The number of hydrogen-bond donors (Lipinski definition) is 1. The van der Waals surface area contributed by atoms with Gasteiger partial charge in [0.15, 0.2) is 0 Å². The van der Waals surface area contributed by atoms with Crippen LogP contribution in [0.1, 0.15) is 24.0 Å². The Hall–Kier alpha value is -1.51. The van der Waals surface area contributed by atoms with E-state index in [0.717, 1.165) is 6.42 Å². The summed E-state index contributed by atoms with van der Waals surface area (Å²) in [6.45, 7) is 2.29. The van der Waals surface area contributed by atoms with E-state index in [1.54, 1.807) is 6.07 Å². The molecular formula is C13H14O3. The third-order valence-electron chi connectivity index (χ3n) is 3.67. The quantitative estimate of drug-likeness (QED) is 0.770. The van der Waals surface area contributed by atoms with Gasteiger partial charge in [-0.05, 0) is 42.5 Å². The van der Waals surface area contributed by atoms with Crippen LogP contribution in [0.4, 0.5) is 0 Å². The van der Waals surface area contributed by atoms with Crippen molar-refractivity contribution in [2.75, 3.05) is 6.61 Å². The van der Waals surface area contributed by atoms with Crippen molar-refractivity contribution in [2.24, 2.45) is 11.8 Å². The normalized spacial score (nSPS) is 29.4. The first-order valence-corrected chi connectivity index (χ1v) is 5.70. The van der Waals surface area contributed by atoms with Crippen molar-refractivity contribution in [1.82, 2.24) is 0 Å². The number of phenols is 1. The lowest BCUT2D eigenvalue weighted by Crippen LogP contribution is -2.10. The molecule has 1 aromatic rings. The second kappa shape index (κ2) is 3.24. The summed E-state index contributed by atoms with van der Waals surface area (Å²) in [5, 5.41) is 9.37. The molecule has 3 nitrogen and oxygen atoms in total. The van der Waals surface area contributed by atoms with Gasteiger partial charge < -0.3 is 9.84 Å². The molecule has 1 aromatic carbocycles. The smallest absolute Gasteiger partial charge is 0.309 e. The second-order valence-corrected chi connectivity index (χ2v) is 4.55. The maximum Gasteiger partial charge on any atom is 0.309 e. The molecule has 3 rings (SSSR count). The molecule has 0 bridgehead atoms. The first kappa shape index (κ1) is 9.70. The van der Waals surface area contributed by atoms with E-state index < -0.39 is 0 Å². The Morgan fingerprint density at radius 1 is 1.56 bits per heavy atom. The molecule has 16 heavy (non-hydrogen) atoms. The van der Waals surface area contributed by atoms with Crippen LogP contribution >= 0.6 is 0 Å². The highest BCUT2D eigenvalue weighted by atomic mass is 16.5. The Kier molecular flexibility index (Phi) is 1.96. The molecule has 0 amide bonds. The van der Waals surface area contributed by atoms with Crippen LogP contribution in [0.3, 0.4) is 0 Å². The van der Waals surface area contributed by atoms with Gasteiger partial charge in [0, 0.05) is 5.92 Å². The molecule has 2 aliphatic rings. The van der Waals surface area contributed by atoms with E-state index >= 15 is 0 Å². The number of carbonyl (C=O) groups is 1. The summed E-state index contributed by atoms with van der Waals surface area (Å²) in [6, 6.07) is 5.44. The van der Waals surface area contributed by atoms with Gasteiger partial charge in [0.2, 0.25) is 0 Å². The molecule has 0 aliphatic heterocycles. The molecule has 0 heterocycles. The van der Waals surface area contributed by atoms with Gasteiger partial charge in [0.1, 0.15) is 5.75 Å². The number of hydrogen-bond acceptors (Lipinski definition) is 3. The lowest BCUT2D eigenvalue weighted by Gasteiger charge is -2.07. The molecule has 0 aromatic heterocycles. The predicted molar refractivity (Wildman–Crippen MR) is 58.2 cm³/mol. The zero-order valence-corrected chi connectivity index (χ0v) is 9.14. The van der Waals surface area contributed by atoms with E-state index in [1.807, 2.05) is 19.1 Å². The monoisotopic (exact) mass is 218 g/mol. The summed E-state index contributed by atoms with van der Waals surface area (Å²) in [5.41, 5.74) is 2.41. The molecule has 1 fully saturated rings. The van der Waals surface area contributed by atoms with Crippen molar-refractivity contribution in [3.63, 3.8) is 0 Å². The van der Waals surface area contributed by atoms with Crippen LogP contribution in [-0.2, 0) is 16.0 Å². The molecule has 2 aliphatic carbocycles. The van der Waals surface area contributed by atoms with E-state index in [0.29, 0.717) is 24.2 Å². The fourth-order valence-corrected chi connectivity index (χ4v) is 2.96. The largest absolute Gasteiger partial charge is 0.508 e. The van der Waals surface area contributed by atoms with Crippen LogP contribution < -0.4 is 0 Å². The Morgan fingerprint density at radius 3 is 3.12 bits per heavy atom. The van der Waals surface area contributed by atoms with Crippen LogP contribution in [0.2, 0.25) is 0 Å². The third kappa shape index (κ3) is 1.24. The Balaban J connectivity index is 1.82. The molecule has 1 N–H and O–H groups in total. The second-order valence-electron chi connectivity index (χ2n) is 4.55. The zero-order valence-electron chi connectivity index (χ0n) is 9.14. The average molecular weight is 218 g/mol. The minimum absolute atomic E-state index is 0.0591. The van der Waals surface area contributed by atoms with E-state index in [4.69, 9.17) is 4.74 Å². The molecular weight excluding hydrogens is 204 g/mol. The topological polar surface area (TPSA) is 46.5 Å². The lowest BCUT2D eigenvalue weighted by atomic mass is 10.0. The maximum atomic E-state index is 11.6. The van der Waals surface area contributed by atoms with Crippen molar-refractivity contribution in [1.29, 1.82) is 0 Å². The van der Waals surface area contributed by atoms with Crippen molar-refractivity contribution < 1.29 is 14.6 Å². The molecule has 0 saturated heterocycles. The van der Waals surface area contributed by atoms with E-state index in [2.05, 4.69) is 0 Å². The van der Waals surface area contributed by atoms with Crippen molar-refractivity contribution in [2.45, 2.75) is 19.3 Å². The van der Waals surface area contributed by atoms with Crippen LogP contribution in [0.15, 0.2) is 18.2 Å². The Morgan fingerprint density at radius 2 is 2.38 bits per heavy atom. The fourth-order valence-electron chi connectivity index (χ4n) is 2.96. The summed E-state index contributed by atoms with van der Waals surface area (Å²) < 4.78 is 5.05. The third-order valence-corrected chi connectivity index (χ3v) is 3.67. The number of benzene rings is 1. The lowest BCUT2D eigenvalue weighted by molar-refractivity contribution is -0.145. The Bertz CT molecular complexity index is 452. The number of carbonyl (C=O) groups excluding carboxylic acids is 1. The SMILES string of the molecule is CCOC(=O)C1[C@H]2c3ccc(O)cc3C[C@@H]12. The summed E-state index contributed by atoms with van der Waals surface area (Å²) in [5.74, 6) is 1.08. The molecule has 0 radical (unpaired) electrons. The van der Waals surface area contributed by atoms with Crippen LogP contribution in [0.25, 0.3) is 0 Å². The summed E-state index contributed by atoms with van der Waals surface area (Å²) in [6.07, 6.45) is 0.901.